The van der Waals surface area contributed by atoms with Crippen LogP contribution in [0, 0.1) is 19.7 Å². The lowest BCUT2D eigenvalue weighted by Gasteiger charge is -2.32. The Morgan fingerprint density at radius 1 is 1.03 bits per heavy atom. The third-order valence-electron chi connectivity index (χ3n) is 7.49. The van der Waals surface area contributed by atoms with Gasteiger partial charge in [-0.1, -0.05) is 12.1 Å². The van der Waals surface area contributed by atoms with Crippen LogP contribution in [0.2, 0.25) is 0 Å². The average Bonchev–Trinajstić information content (AvgIpc) is 3.47. The molecule has 0 radical (unpaired) electrons. The first-order valence-corrected chi connectivity index (χ1v) is 13.3. The normalized spacial score (nSPS) is 14.3. The van der Waals surface area contributed by atoms with Crippen LogP contribution < -0.4 is 9.64 Å². The molecule has 0 saturated carbocycles. The molecular formula is C30H30ClFN6O. The Balaban J connectivity index is 1.36. The zero-order valence-corrected chi connectivity index (χ0v) is 23.0. The van der Waals surface area contributed by atoms with Gasteiger partial charge in [-0.05, 0) is 61.5 Å². The van der Waals surface area contributed by atoms with Gasteiger partial charge >= 0.3 is 0 Å². The maximum atomic E-state index is 13.8. The number of benzene rings is 2. The van der Waals surface area contributed by atoms with Crippen molar-refractivity contribution in [2.75, 3.05) is 38.2 Å². The summed E-state index contributed by atoms with van der Waals surface area (Å²) >= 11 is 6.14. The summed E-state index contributed by atoms with van der Waals surface area (Å²) in [7, 11) is 1.70. The Morgan fingerprint density at radius 2 is 1.85 bits per heavy atom. The largest absolute Gasteiger partial charge is 0.496 e. The number of nitrogens with one attached hydrogen (secondary N) is 1. The second-order valence-corrected chi connectivity index (χ2v) is 10.4. The first-order chi connectivity index (χ1) is 18.9. The average molecular weight is 545 g/mol. The lowest BCUT2D eigenvalue weighted by molar-refractivity contribution is 0.410. The van der Waals surface area contributed by atoms with E-state index < -0.39 is 0 Å². The predicted octanol–water partition coefficient (Wildman–Crippen LogP) is 6.18. The van der Waals surface area contributed by atoms with Crippen LogP contribution in [0.3, 0.4) is 0 Å². The Kier molecular flexibility index (Phi) is 6.74. The number of piperazine rings is 1. The smallest absolute Gasteiger partial charge is 0.137 e. The number of nitrogens with zero attached hydrogens (tertiary/aromatic N) is 5. The van der Waals surface area contributed by atoms with E-state index in [0.717, 1.165) is 87.9 Å². The van der Waals surface area contributed by atoms with Crippen LogP contribution in [-0.2, 0) is 6.54 Å². The minimum atomic E-state index is -0.245. The fraction of sp³-hybridized carbons (Fsp3) is 0.267. The van der Waals surface area contributed by atoms with Gasteiger partial charge in [-0.15, -0.1) is 0 Å². The van der Waals surface area contributed by atoms with Gasteiger partial charge in [0.25, 0.3) is 0 Å². The summed E-state index contributed by atoms with van der Waals surface area (Å²) in [4.78, 5) is 10.4. The summed E-state index contributed by atoms with van der Waals surface area (Å²) in [5.74, 6) is 0.556. The van der Waals surface area contributed by atoms with Crippen LogP contribution in [-0.4, -0.2) is 57.5 Å². The third-order valence-corrected chi connectivity index (χ3v) is 7.83. The number of aromatic amines is 1. The van der Waals surface area contributed by atoms with Gasteiger partial charge in [-0.3, -0.25) is 4.68 Å². The number of hydrogen-bond donors (Lipinski definition) is 1. The summed E-state index contributed by atoms with van der Waals surface area (Å²) in [5, 5.41) is 5.80. The van der Waals surface area contributed by atoms with Crippen molar-refractivity contribution in [1.29, 1.82) is 0 Å². The van der Waals surface area contributed by atoms with Crippen LogP contribution in [0.4, 0.5) is 10.1 Å². The zero-order valence-electron chi connectivity index (χ0n) is 22.2. The minimum Gasteiger partial charge on any atom is -0.496 e. The van der Waals surface area contributed by atoms with Crippen molar-refractivity contribution in [3.05, 3.63) is 83.7 Å². The molecule has 0 atom stereocenters. The lowest BCUT2D eigenvalue weighted by Crippen LogP contribution is -2.42. The first-order valence-electron chi connectivity index (χ1n) is 13.0. The second kappa shape index (κ2) is 10.4. The van der Waals surface area contributed by atoms with Crippen molar-refractivity contribution >= 4 is 28.5 Å². The number of anilines is 1. The molecule has 1 fully saturated rings. The fourth-order valence-electron chi connectivity index (χ4n) is 5.46. The molecule has 6 rings (SSSR count). The van der Waals surface area contributed by atoms with E-state index in [9.17, 15) is 4.39 Å². The number of ether oxygens (including phenoxy) is 1. The molecule has 1 aliphatic heterocycles. The molecule has 7 nitrogen and oxygen atoms in total. The van der Waals surface area contributed by atoms with Crippen molar-refractivity contribution in [2.24, 2.45) is 0 Å². The summed E-state index contributed by atoms with van der Waals surface area (Å²) in [6.07, 6.45) is 3.86. The molecule has 4 heterocycles. The van der Waals surface area contributed by atoms with Crippen molar-refractivity contribution < 1.29 is 9.13 Å². The van der Waals surface area contributed by atoms with Crippen molar-refractivity contribution in [3.8, 4) is 28.0 Å². The number of halogens is 2. The van der Waals surface area contributed by atoms with E-state index in [0.29, 0.717) is 6.54 Å². The summed E-state index contributed by atoms with van der Waals surface area (Å²) in [5.41, 5.74) is 8.76. The summed E-state index contributed by atoms with van der Waals surface area (Å²) < 4.78 is 23.3. The van der Waals surface area contributed by atoms with Gasteiger partial charge in [-0.2, -0.15) is 5.10 Å². The minimum absolute atomic E-state index is 0.245. The molecule has 1 N–H and O–H groups in total. The van der Waals surface area contributed by atoms with Gasteiger partial charge in [0.2, 0.25) is 0 Å². The number of pyridine rings is 1. The SMILES string of the molecule is COc1cc(N2CCN(Cl)CC2)ccc1-c1cnc2[nH]cc(-c3c(C)nn(Cc4cccc(F)c4)c3C)c2c1. The molecule has 5 aromatic rings. The predicted molar refractivity (Wildman–Crippen MR) is 154 cm³/mol. The molecule has 0 unspecified atom stereocenters. The topological polar surface area (TPSA) is 62.2 Å². The van der Waals surface area contributed by atoms with Gasteiger partial charge in [0.1, 0.15) is 17.2 Å². The molecule has 9 heteroatoms. The van der Waals surface area contributed by atoms with E-state index >= 15 is 0 Å². The quantitative estimate of drug-likeness (QED) is 0.259. The monoisotopic (exact) mass is 544 g/mol. The van der Waals surface area contributed by atoms with E-state index in [2.05, 4.69) is 41.1 Å². The Labute approximate surface area is 231 Å². The number of aromatic nitrogens is 4. The molecule has 200 valence electrons. The standard InChI is InChI=1S/C30H30ClFN6O/c1-19-29(20(2)38(35-19)18-21-5-4-6-23(32)13-21)27-17-34-30-26(27)14-22(16-33-30)25-8-7-24(15-28(25)39-3)36-9-11-37(31)12-10-36/h4-8,13-17H,9-12,18H2,1-3H3,(H,33,34). The van der Waals surface area contributed by atoms with E-state index in [1.165, 1.54) is 6.07 Å². The highest BCUT2D eigenvalue weighted by atomic mass is 35.5. The molecule has 2 aromatic carbocycles. The summed E-state index contributed by atoms with van der Waals surface area (Å²) in [6, 6.07) is 15.1. The molecule has 0 spiro atoms. The number of methoxy groups -OCH3 is 1. The van der Waals surface area contributed by atoms with Crippen molar-refractivity contribution in [3.63, 3.8) is 0 Å². The first kappa shape index (κ1) is 25.4. The number of hydrogen-bond acceptors (Lipinski definition) is 5. The number of fused-ring (bicyclic) bond motifs is 1. The van der Waals surface area contributed by atoms with Crippen LogP contribution in [0.15, 0.2) is 60.9 Å². The molecule has 1 aliphatic rings. The summed E-state index contributed by atoms with van der Waals surface area (Å²) in [6.45, 7) is 7.94. The molecule has 0 amide bonds. The Bertz CT molecular complexity index is 1650. The number of H-pyrrole nitrogens is 1. The fourth-order valence-corrected chi connectivity index (χ4v) is 5.61. The van der Waals surface area contributed by atoms with E-state index in [-0.39, 0.29) is 5.82 Å². The highest BCUT2D eigenvalue weighted by molar-refractivity contribution is 6.13. The zero-order chi connectivity index (χ0) is 27.1. The van der Waals surface area contributed by atoms with Crippen LogP contribution in [0.5, 0.6) is 5.75 Å². The van der Waals surface area contributed by atoms with Crippen LogP contribution >= 0.6 is 11.8 Å². The van der Waals surface area contributed by atoms with Gasteiger partial charge < -0.3 is 14.6 Å². The van der Waals surface area contributed by atoms with Crippen molar-refractivity contribution in [2.45, 2.75) is 20.4 Å². The molecule has 1 saturated heterocycles. The molecular weight excluding hydrogens is 515 g/mol. The Morgan fingerprint density at radius 3 is 2.62 bits per heavy atom. The van der Waals surface area contributed by atoms with Crippen LogP contribution in [0.25, 0.3) is 33.3 Å². The molecule has 0 bridgehead atoms. The van der Waals surface area contributed by atoms with Gasteiger partial charge in [0, 0.05) is 83.7 Å². The van der Waals surface area contributed by atoms with Crippen LogP contribution in [0.1, 0.15) is 17.0 Å². The van der Waals surface area contributed by atoms with Crippen molar-refractivity contribution in [1.82, 2.24) is 24.2 Å². The maximum absolute atomic E-state index is 13.8. The number of aryl methyl sites for hydroxylation is 1. The molecule has 0 aliphatic carbocycles. The second-order valence-electron chi connectivity index (χ2n) is 9.94. The number of rotatable bonds is 6. The molecule has 3 aromatic heterocycles. The highest BCUT2D eigenvalue weighted by Crippen LogP contribution is 2.38. The third kappa shape index (κ3) is 4.86. The van der Waals surface area contributed by atoms with E-state index in [4.69, 9.17) is 26.6 Å². The lowest BCUT2D eigenvalue weighted by atomic mass is 10.00. The highest BCUT2D eigenvalue weighted by Gasteiger charge is 2.20. The van der Waals surface area contributed by atoms with Gasteiger partial charge in [-0.25, -0.2) is 13.8 Å². The molecule has 39 heavy (non-hydrogen) atoms. The van der Waals surface area contributed by atoms with E-state index in [1.807, 2.05) is 34.5 Å². The van der Waals surface area contributed by atoms with E-state index in [1.54, 1.807) is 19.2 Å². The van der Waals surface area contributed by atoms with Gasteiger partial charge in [0.05, 0.1) is 19.3 Å². The van der Waals surface area contributed by atoms with Gasteiger partial charge in [0.15, 0.2) is 0 Å². The Hall–Kier alpha value is -3.88. The maximum Gasteiger partial charge on any atom is 0.137 e.